The fraction of sp³-hybridized carbons (Fsp3) is 0.534. The molecular formula is C58H80ClF4IN4O8Zn. The quantitative estimate of drug-likeness (QED) is 0.0293. The van der Waals surface area contributed by atoms with Crippen molar-refractivity contribution in [1.82, 2.24) is 21.3 Å². The molecule has 2 aliphatic rings. The van der Waals surface area contributed by atoms with Crippen LogP contribution in [0.4, 0.5) is 27.2 Å². The van der Waals surface area contributed by atoms with Gasteiger partial charge in [0.25, 0.3) is 0 Å². The molecule has 0 fully saturated rings. The van der Waals surface area contributed by atoms with Gasteiger partial charge in [0.15, 0.2) is 0 Å². The normalized spacial score (nSPS) is 16.7. The topological polar surface area (TPSA) is 160 Å². The van der Waals surface area contributed by atoms with E-state index in [0.29, 0.717) is 24.3 Å². The van der Waals surface area contributed by atoms with Gasteiger partial charge in [-0.05, 0) is 154 Å². The zero-order valence-corrected chi connectivity index (χ0v) is 52.7. The van der Waals surface area contributed by atoms with Crippen molar-refractivity contribution >= 4 is 44.5 Å². The molecule has 19 heteroatoms. The fourth-order valence-corrected chi connectivity index (χ4v) is 8.73. The summed E-state index contributed by atoms with van der Waals surface area (Å²) in [7, 11) is 4.76. The number of alkyl carbamates (subject to hydrolysis) is 2. The fourth-order valence-electron chi connectivity index (χ4n) is 8.22. The van der Waals surface area contributed by atoms with Crippen LogP contribution in [-0.2, 0) is 46.0 Å². The van der Waals surface area contributed by atoms with E-state index < -0.39 is 70.9 Å². The van der Waals surface area contributed by atoms with Crippen molar-refractivity contribution in [3.05, 3.63) is 134 Å². The van der Waals surface area contributed by atoms with Gasteiger partial charge < -0.3 is 57.4 Å². The van der Waals surface area contributed by atoms with Crippen molar-refractivity contribution in [2.75, 3.05) is 26.3 Å². The maximum absolute atomic E-state index is 13.8. The van der Waals surface area contributed by atoms with E-state index in [1.54, 1.807) is 41.5 Å². The van der Waals surface area contributed by atoms with E-state index in [2.05, 4.69) is 104 Å². The molecule has 77 heavy (non-hydrogen) atoms. The molecule has 2 amide bonds. The molecule has 6 N–H and O–H groups in total. The first-order valence-electron chi connectivity index (χ1n) is 25.7. The van der Waals surface area contributed by atoms with Crippen molar-refractivity contribution in [2.45, 2.75) is 163 Å². The van der Waals surface area contributed by atoms with Crippen molar-refractivity contribution in [3.8, 4) is 11.5 Å². The standard InChI is InChI=1S/C29H40F2N2O4.C24H29F2IN2O4.C5H11.ClH.Zn/c1-28(2,3)16-18-7-8-26-22(13-18)23(9-10-36-26)32-17-25(34)24(33-27(35)37-29(4,5)6)14-19-11-20(30)15-21(31)12-19;1-24(2,3)33-23(31)29-20(10-14-8-15(25)11-16(26)9-14)21(30)13-28-19-6-7-32-22-5-4-17(27)12-18(19)22;1-5(2,3)4;;/h7-8,11-13,15,23-25,32,34H,9-10,14,16-17H2,1-6H3,(H,33,35);4-5,8-9,11-12,19-21,28,30H,6-7,10,13H2,1-3H3,(H,29,31);1H2,2-4H3;1H;/q;;-1;;+2/p-1/t23?,24-,25+;19-,20-,21+;;;/m00.../s1. The van der Waals surface area contributed by atoms with Crippen LogP contribution in [0, 0.1) is 44.6 Å². The summed E-state index contributed by atoms with van der Waals surface area (Å²) in [4.78, 5) is 24.9. The van der Waals surface area contributed by atoms with E-state index >= 15 is 0 Å². The summed E-state index contributed by atoms with van der Waals surface area (Å²) in [5.41, 5.74) is 2.81. The van der Waals surface area contributed by atoms with Gasteiger partial charge in [-0.2, -0.15) is 5.41 Å². The van der Waals surface area contributed by atoms with Gasteiger partial charge in [0.05, 0.1) is 37.5 Å². The average Bonchev–Trinajstić information content (AvgIpc) is 3.27. The molecule has 4 aromatic rings. The van der Waals surface area contributed by atoms with Gasteiger partial charge in [-0.25, -0.2) is 27.2 Å². The minimum atomic E-state index is -1.05. The van der Waals surface area contributed by atoms with Crippen LogP contribution in [0.1, 0.15) is 136 Å². The number of hydrogen-bond donors (Lipinski definition) is 6. The van der Waals surface area contributed by atoms with Gasteiger partial charge in [-0.3, -0.25) is 0 Å². The number of ether oxygens (including phenoxy) is 4. The number of benzene rings is 4. The van der Waals surface area contributed by atoms with Crippen LogP contribution in [0.25, 0.3) is 0 Å². The summed E-state index contributed by atoms with van der Waals surface area (Å²) in [6.45, 7) is 28.3. The number of nitrogens with one attached hydrogen (secondary N) is 4. The molecule has 4 aromatic carbocycles. The van der Waals surface area contributed by atoms with Gasteiger partial charge in [0, 0.05) is 64.8 Å². The summed E-state index contributed by atoms with van der Waals surface area (Å²) < 4.78 is 78.3. The number of aliphatic hydroxyl groups is 2. The molecule has 0 aliphatic carbocycles. The van der Waals surface area contributed by atoms with Crippen molar-refractivity contribution in [1.29, 1.82) is 0 Å². The second kappa shape index (κ2) is 30.7. The second-order valence-corrected chi connectivity index (χ2v) is 24.9. The van der Waals surface area contributed by atoms with Crippen LogP contribution in [0.15, 0.2) is 72.8 Å². The number of aliphatic hydroxyl groups excluding tert-OH is 2. The molecule has 2 heterocycles. The third-order valence-corrected chi connectivity index (χ3v) is 11.8. The average molecular weight is 1270 g/mol. The Balaban J connectivity index is 0.000000363. The first kappa shape index (κ1) is 67.5. The molecule has 0 bridgehead atoms. The Labute approximate surface area is 482 Å². The van der Waals surface area contributed by atoms with Gasteiger partial charge in [0.1, 0.15) is 46.0 Å². The molecule has 0 saturated heterocycles. The number of carbonyl (C=O) groups excluding carboxylic acids is 2. The molecule has 0 spiro atoms. The Bertz CT molecular complexity index is 2460. The summed E-state index contributed by atoms with van der Waals surface area (Å²) in [6.07, 6.45) is -1.11. The SMILES string of the molecule is CC(C)(C)Cc1ccc2c(c1)C(NC[C@@H](O)[C@H](Cc1cc(F)cc(F)c1)NC(=O)OC(C)(C)C)CCO2.CC(C)(C)OC(=O)N[C@@H](Cc1cc(F)cc(F)c1)[C@H](O)CN[C@H]1CCOc2ccc(I)cc21.[CH2-]C(C)(C)C.[Cl][Zn+]. The van der Waals surface area contributed by atoms with Crippen LogP contribution in [0.2, 0.25) is 0 Å². The molecular weight excluding hydrogens is 1180 g/mol. The molecule has 1 unspecified atom stereocenters. The number of amides is 2. The molecule has 6 atom stereocenters. The van der Waals surface area contributed by atoms with E-state index in [-0.39, 0.29) is 48.8 Å². The predicted molar refractivity (Wildman–Crippen MR) is 300 cm³/mol. The Morgan fingerprint density at radius 2 is 1.00 bits per heavy atom. The monoisotopic (exact) mass is 1260 g/mol. The predicted octanol–water partition coefficient (Wildman–Crippen LogP) is 12.5. The summed E-state index contributed by atoms with van der Waals surface area (Å²) >= 11 is 3.08. The zero-order valence-electron chi connectivity index (χ0n) is 46.8. The van der Waals surface area contributed by atoms with E-state index in [4.69, 9.17) is 28.6 Å². The molecule has 0 saturated carbocycles. The zero-order chi connectivity index (χ0) is 58.1. The van der Waals surface area contributed by atoms with Gasteiger partial charge >= 0.3 is 39.2 Å². The Morgan fingerprint density at radius 1 is 0.636 bits per heavy atom. The minimum absolute atomic E-state index is 0.0247. The molecule has 424 valence electrons. The molecule has 12 nitrogen and oxygen atoms in total. The Hall–Kier alpha value is -3.78. The third-order valence-electron chi connectivity index (χ3n) is 11.1. The second-order valence-electron chi connectivity index (χ2n) is 23.7. The molecule has 6 rings (SSSR count). The third kappa shape index (κ3) is 26.8. The summed E-state index contributed by atoms with van der Waals surface area (Å²) in [5, 5.41) is 34.1. The first-order chi connectivity index (χ1) is 35.7. The number of fused-ring (bicyclic) bond motifs is 2. The molecule has 0 aromatic heterocycles. The summed E-state index contributed by atoms with van der Waals surface area (Å²) in [5.74, 6) is -1.27. The summed E-state index contributed by atoms with van der Waals surface area (Å²) in [6, 6.07) is 16.7. The van der Waals surface area contributed by atoms with Crippen LogP contribution >= 0.6 is 32.3 Å². The van der Waals surface area contributed by atoms with Crippen LogP contribution in [0.3, 0.4) is 0 Å². The molecule has 2 aliphatic heterocycles. The van der Waals surface area contributed by atoms with Gasteiger partial charge in [-0.15, -0.1) is 0 Å². The molecule has 0 radical (unpaired) electrons. The van der Waals surface area contributed by atoms with Crippen LogP contribution in [-0.4, -0.2) is 84.2 Å². The van der Waals surface area contributed by atoms with E-state index in [1.807, 2.05) is 24.3 Å². The number of halogens is 6. The van der Waals surface area contributed by atoms with E-state index in [9.17, 15) is 37.4 Å². The first-order valence-corrected chi connectivity index (χ1v) is 30.7. The van der Waals surface area contributed by atoms with Crippen molar-refractivity contribution < 1.29 is 73.6 Å². The van der Waals surface area contributed by atoms with E-state index in [1.165, 1.54) is 29.8 Å². The van der Waals surface area contributed by atoms with Gasteiger partial charge in [0.2, 0.25) is 0 Å². The van der Waals surface area contributed by atoms with Crippen LogP contribution < -0.4 is 30.7 Å². The number of carbonyl (C=O) groups is 2. The van der Waals surface area contributed by atoms with Crippen LogP contribution in [0.5, 0.6) is 11.5 Å². The number of hydrogen-bond acceptors (Lipinski definition) is 10. The van der Waals surface area contributed by atoms with Crippen molar-refractivity contribution in [2.24, 2.45) is 10.8 Å². The maximum atomic E-state index is 13.8. The van der Waals surface area contributed by atoms with Gasteiger partial charge in [-0.1, -0.05) is 53.7 Å². The van der Waals surface area contributed by atoms with E-state index in [0.717, 1.165) is 74.9 Å². The van der Waals surface area contributed by atoms with Crippen molar-refractivity contribution in [3.63, 3.8) is 0 Å². The Morgan fingerprint density at radius 3 is 1.36 bits per heavy atom. The number of rotatable bonds is 15. The Kier molecular flexibility index (Phi) is 26.9.